The van der Waals surface area contributed by atoms with Crippen molar-refractivity contribution in [3.8, 4) is 22.3 Å². The van der Waals surface area contributed by atoms with Crippen LogP contribution in [-0.4, -0.2) is 15.2 Å². The van der Waals surface area contributed by atoms with Gasteiger partial charge in [0.25, 0.3) is 0 Å². The van der Waals surface area contributed by atoms with E-state index in [9.17, 15) is 0 Å². The summed E-state index contributed by atoms with van der Waals surface area (Å²) in [4.78, 5) is 3.61. The van der Waals surface area contributed by atoms with Gasteiger partial charge in [0.05, 0.1) is 6.20 Å². The number of hydrogen-bond donors (Lipinski definition) is 2. The largest absolute Gasteiger partial charge is 0.399 e. The highest BCUT2D eigenvalue weighted by molar-refractivity contribution is 5.86. The number of benzene rings is 3. The number of hydrogen-bond acceptors (Lipinski definition) is 5. The Balaban J connectivity index is 0.000000299. The van der Waals surface area contributed by atoms with Gasteiger partial charge in [0, 0.05) is 17.6 Å². The average molecular weight is 355 g/mol. The molecule has 27 heavy (non-hydrogen) atoms. The van der Waals surface area contributed by atoms with Gasteiger partial charge in [0.1, 0.15) is 6.33 Å². The fourth-order valence-corrected chi connectivity index (χ4v) is 2.73. The van der Waals surface area contributed by atoms with E-state index in [0.29, 0.717) is 0 Å². The van der Waals surface area contributed by atoms with Crippen LogP contribution < -0.4 is 11.5 Å². The minimum atomic E-state index is 0.769. The molecule has 0 radical (unpaired) electrons. The van der Waals surface area contributed by atoms with E-state index in [2.05, 4.69) is 52.4 Å². The monoisotopic (exact) mass is 355 g/mol. The predicted octanol–water partition coefficient (Wildman–Crippen LogP) is 4.37. The third-order valence-corrected chi connectivity index (χ3v) is 4.00. The number of nitrogens with zero attached hydrogens (tertiary/aromatic N) is 3. The molecule has 4 N–H and O–H groups in total. The summed E-state index contributed by atoms with van der Waals surface area (Å²) < 4.78 is 0. The lowest BCUT2D eigenvalue weighted by Gasteiger charge is -2.12. The molecule has 0 bridgehead atoms. The van der Waals surface area contributed by atoms with Crippen molar-refractivity contribution < 1.29 is 0 Å². The lowest BCUT2D eigenvalue weighted by Crippen LogP contribution is -1.91. The minimum Gasteiger partial charge on any atom is -0.399 e. The second-order valence-corrected chi connectivity index (χ2v) is 6.09. The predicted molar refractivity (Wildman–Crippen MR) is 111 cm³/mol. The van der Waals surface area contributed by atoms with E-state index < -0.39 is 0 Å². The van der Waals surface area contributed by atoms with E-state index in [4.69, 9.17) is 11.5 Å². The van der Waals surface area contributed by atoms with Gasteiger partial charge in [0.2, 0.25) is 0 Å². The molecule has 1 aromatic heterocycles. The first-order chi connectivity index (χ1) is 13.1. The first kappa shape index (κ1) is 18.1. The van der Waals surface area contributed by atoms with Gasteiger partial charge < -0.3 is 11.5 Å². The molecule has 0 aliphatic heterocycles. The zero-order valence-electron chi connectivity index (χ0n) is 15.1. The highest BCUT2D eigenvalue weighted by atomic mass is 15.1. The molecule has 0 fully saturated rings. The Kier molecular flexibility index (Phi) is 5.74. The van der Waals surface area contributed by atoms with Crippen LogP contribution in [0.15, 0.2) is 85.5 Å². The molecule has 134 valence electrons. The molecule has 0 amide bonds. The van der Waals surface area contributed by atoms with Crippen molar-refractivity contribution in [3.05, 3.63) is 91.0 Å². The van der Waals surface area contributed by atoms with Crippen molar-refractivity contribution in [1.82, 2.24) is 15.2 Å². The number of anilines is 2. The Morgan fingerprint density at radius 3 is 2.04 bits per heavy atom. The van der Waals surface area contributed by atoms with Crippen molar-refractivity contribution in [2.24, 2.45) is 0 Å². The van der Waals surface area contributed by atoms with Crippen LogP contribution in [0, 0.1) is 6.92 Å². The van der Waals surface area contributed by atoms with Gasteiger partial charge in [-0.3, -0.25) is 0 Å². The Morgan fingerprint density at radius 2 is 1.44 bits per heavy atom. The van der Waals surface area contributed by atoms with Crippen LogP contribution >= 0.6 is 0 Å². The van der Waals surface area contributed by atoms with Crippen LogP contribution in [-0.2, 0) is 0 Å². The number of aromatic nitrogens is 3. The SMILES string of the molecule is Cc1cccc(-c2cc(N)ccc2-c2ccc(N)cc2)c1.c1cnncn1. The van der Waals surface area contributed by atoms with Crippen molar-refractivity contribution in [1.29, 1.82) is 0 Å². The molecule has 0 aliphatic rings. The molecule has 0 saturated carbocycles. The summed E-state index contributed by atoms with van der Waals surface area (Å²) in [6, 6.07) is 22.4. The smallest absolute Gasteiger partial charge is 0.138 e. The Labute approximate surface area is 158 Å². The van der Waals surface area contributed by atoms with Gasteiger partial charge >= 0.3 is 0 Å². The Bertz CT molecular complexity index is 972. The number of aryl methyl sites for hydroxylation is 1. The van der Waals surface area contributed by atoms with Gasteiger partial charge in [-0.05, 0) is 53.4 Å². The van der Waals surface area contributed by atoms with Crippen LogP contribution in [0.2, 0.25) is 0 Å². The maximum atomic E-state index is 5.99. The third kappa shape index (κ3) is 4.89. The van der Waals surface area contributed by atoms with Crippen LogP contribution in [0.1, 0.15) is 5.56 Å². The zero-order chi connectivity index (χ0) is 19.1. The molecule has 0 saturated heterocycles. The highest BCUT2D eigenvalue weighted by Crippen LogP contribution is 2.34. The molecular formula is C22H21N5. The molecule has 0 atom stereocenters. The minimum absolute atomic E-state index is 0.769. The van der Waals surface area contributed by atoms with Crippen LogP contribution in [0.25, 0.3) is 22.3 Å². The highest BCUT2D eigenvalue weighted by Gasteiger charge is 2.08. The molecule has 0 unspecified atom stereocenters. The number of nitrogen functional groups attached to an aromatic ring is 2. The molecule has 5 nitrogen and oxygen atoms in total. The standard InChI is InChI=1S/C19H18N2.C3H3N3/c1-13-3-2-4-15(11-13)19-12-17(21)9-10-18(19)14-5-7-16(20)8-6-14;1-2-5-6-3-4-1/h2-12H,20-21H2,1H3;1-3H. The lowest BCUT2D eigenvalue weighted by molar-refractivity contribution is 0.969. The van der Waals surface area contributed by atoms with Gasteiger partial charge in [-0.1, -0.05) is 48.0 Å². The fraction of sp³-hybridized carbons (Fsp3) is 0.0455. The molecule has 5 heteroatoms. The van der Waals surface area contributed by atoms with Crippen molar-refractivity contribution in [2.75, 3.05) is 11.5 Å². The maximum absolute atomic E-state index is 5.99. The van der Waals surface area contributed by atoms with Gasteiger partial charge in [-0.25, -0.2) is 4.98 Å². The Hall–Kier alpha value is -3.73. The van der Waals surface area contributed by atoms with Crippen LogP contribution in [0.4, 0.5) is 11.4 Å². The summed E-state index contributed by atoms with van der Waals surface area (Å²) >= 11 is 0. The van der Waals surface area contributed by atoms with Gasteiger partial charge in [-0.15, -0.1) is 5.10 Å². The second-order valence-electron chi connectivity index (χ2n) is 6.09. The van der Waals surface area contributed by atoms with Crippen LogP contribution in [0.5, 0.6) is 0 Å². The molecular weight excluding hydrogens is 334 g/mol. The molecule has 3 aromatic carbocycles. The quantitative estimate of drug-likeness (QED) is 0.521. The fourth-order valence-electron chi connectivity index (χ4n) is 2.73. The summed E-state index contributed by atoms with van der Waals surface area (Å²) in [6.07, 6.45) is 4.49. The average Bonchev–Trinajstić information content (AvgIpc) is 2.70. The Morgan fingerprint density at radius 1 is 0.667 bits per heavy atom. The summed E-state index contributed by atoms with van der Waals surface area (Å²) in [6.45, 7) is 2.10. The number of rotatable bonds is 2. The molecule has 4 aromatic rings. The van der Waals surface area contributed by atoms with E-state index >= 15 is 0 Å². The first-order valence-electron chi connectivity index (χ1n) is 8.52. The molecule has 1 heterocycles. The van der Waals surface area contributed by atoms with E-state index in [0.717, 1.165) is 28.1 Å². The second kappa shape index (κ2) is 8.58. The molecule has 0 aliphatic carbocycles. The maximum Gasteiger partial charge on any atom is 0.138 e. The zero-order valence-corrected chi connectivity index (χ0v) is 15.1. The topological polar surface area (TPSA) is 90.7 Å². The molecule has 4 rings (SSSR count). The van der Waals surface area contributed by atoms with E-state index in [1.807, 2.05) is 36.4 Å². The van der Waals surface area contributed by atoms with E-state index in [-0.39, 0.29) is 0 Å². The summed E-state index contributed by atoms with van der Waals surface area (Å²) in [7, 11) is 0. The van der Waals surface area contributed by atoms with Gasteiger partial charge in [0.15, 0.2) is 0 Å². The van der Waals surface area contributed by atoms with Crippen molar-refractivity contribution in [3.63, 3.8) is 0 Å². The number of nitrogens with two attached hydrogens (primary N) is 2. The van der Waals surface area contributed by atoms with Crippen molar-refractivity contribution >= 4 is 11.4 Å². The summed E-state index contributed by atoms with van der Waals surface area (Å²) in [5, 5.41) is 6.90. The summed E-state index contributed by atoms with van der Waals surface area (Å²) in [5.74, 6) is 0. The first-order valence-corrected chi connectivity index (χ1v) is 8.52. The third-order valence-electron chi connectivity index (χ3n) is 4.00. The van der Waals surface area contributed by atoms with Gasteiger partial charge in [-0.2, -0.15) is 5.10 Å². The van der Waals surface area contributed by atoms with Crippen LogP contribution in [0.3, 0.4) is 0 Å². The van der Waals surface area contributed by atoms with Crippen molar-refractivity contribution in [2.45, 2.75) is 6.92 Å². The lowest BCUT2D eigenvalue weighted by atomic mass is 9.93. The normalized spacial score (nSPS) is 9.96. The molecule has 0 spiro atoms. The summed E-state index contributed by atoms with van der Waals surface area (Å²) in [5.41, 5.74) is 19.2. The van der Waals surface area contributed by atoms with E-state index in [1.54, 1.807) is 6.20 Å². The van der Waals surface area contributed by atoms with E-state index in [1.165, 1.54) is 23.7 Å².